The van der Waals surface area contributed by atoms with Gasteiger partial charge in [-0.15, -0.1) is 4.33 Å². The Balaban J connectivity index is 2.45. The lowest BCUT2D eigenvalue weighted by atomic mass is 10.3. The molecular weight excluding hydrogens is 414 g/mol. The number of hydrogen-bond acceptors (Lipinski definition) is 13. The molecule has 0 aliphatic rings. The lowest BCUT2D eigenvalue weighted by Crippen LogP contribution is -2.19. The molecule has 0 bridgehead atoms. The summed E-state index contributed by atoms with van der Waals surface area (Å²) in [6.07, 6.45) is 0. The van der Waals surface area contributed by atoms with Crippen LogP contribution in [0.5, 0.6) is 0 Å². The summed E-state index contributed by atoms with van der Waals surface area (Å²) in [6.45, 7) is 0.766. The number of nitrogens with zero attached hydrogens (tertiary/aromatic N) is 4. The molecule has 2 rings (SSSR count). The topological polar surface area (TPSA) is 185 Å². The van der Waals surface area contributed by atoms with Crippen molar-refractivity contribution in [3.05, 3.63) is 18.2 Å². The molecule has 0 fully saturated rings. The lowest BCUT2D eigenvalue weighted by molar-refractivity contribution is -0.432. The molecule has 1 aromatic carbocycles. The van der Waals surface area contributed by atoms with Gasteiger partial charge in [-0.2, -0.15) is 23.4 Å². The van der Waals surface area contributed by atoms with E-state index in [0.717, 1.165) is 6.07 Å². The standard InChI is InChI=1S/C13H19N7O6S2/c1-20(2)13-18-11(15-6-5-14)17-12(19-13)16-9-7-8(27-26-25-21)3-4-10(9)28(22,23)24/h3-4,7,21H,5-6,14H2,1-2H3,(H,22,23,24)(H2,15,16,17,18,19). The second-order valence-electron chi connectivity index (χ2n) is 5.38. The van der Waals surface area contributed by atoms with Gasteiger partial charge in [0.05, 0.1) is 17.7 Å². The molecule has 0 unspecified atom stereocenters. The molecule has 0 radical (unpaired) electrons. The van der Waals surface area contributed by atoms with Gasteiger partial charge in [0.25, 0.3) is 10.1 Å². The van der Waals surface area contributed by atoms with Crippen molar-refractivity contribution in [2.45, 2.75) is 9.79 Å². The van der Waals surface area contributed by atoms with Crippen molar-refractivity contribution < 1.29 is 27.6 Å². The van der Waals surface area contributed by atoms with Crippen LogP contribution >= 0.6 is 12.0 Å². The van der Waals surface area contributed by atoms with Crippen LogP contribution in [-0.2, 0) is 19.5 Å². The summed E-state index contributed by atoms with van der Waals surface area (Å²) >= 11 is 0.610. The second-order valence-corrected chi connectivity index (χ2v) is 7.54. The minimum absolute atomic E-state index is 0.0181. The van der Waals surface area contributed by atoms with Crippen LogP contribution in [0.1, 0.15) is 0 Å². The van der Waals surface area contributed by atoms with Gasteiger partial charge in [-0.25, -0.2) is 5.26 Å². The van der Waals surface area contributed by atoms with Crippen molar-refractivity contribution >= 4 is 45.7 Å². The fraction of sp³-hybridized carbons (Fsp3) is 0.308. The van der Waals surface area contributed by atoms with Crippen LogP contribution in [0.15, 0.2) is 28.0 Å². The molecule has 15 heteroatoms. The van der Waals surface area contributed by atoms with Crippen LogP contribution in [-0.4, -0.2) is 60.4 Å². The van der Waals surface area contributed by atoms with Crippen molar-refractivity contribution in [1.29, 1.82) is 0 Å². The normalized spacial score (nSPS) is 11.3. The monoisotopic (exact) mass is 433 g/mol. The summed E-state index contributed by atoms with van der Waals surface area (Å²) in [4.78, 5) is 14.1. The number of rotatable bonds is 10. The summed E-state index contributed by atoms with van der Waals surface area (Å²) in [5.74, 6) is 0.542. The van der Waals surface area contributed by atoms with Gasteiger partial charge in [-0.3, -0.25) is 4.55 Å². The summed E-state index contributed by atoms with van der Waals surface area (Å²) in [5.41, 5.74) is 5.43. The predicted molar refractivity (Wildman–Crippen MR) is 102 cm³/mol. The van der Waals surface area contributed by atoms with E-state index in [4.69, 9.17) is 11.0 Å². The third-order valence-corrected chi connectivity index (χ3v) is 4.57. The average molecular weight is 433 g/mol. The Morgan fingerprint density at radius 3 is 2.57 bits per heavy atom. The van der Waals surface area contributed by atoms with Crippen LogP contribution in [0, 0.1) is 0 Å². The highest BCUT2D eigenvalue weighted by Crippen LogP contribution is 2.30. The molecule has 0 saturated heterocycles. The van der Waals surface area contributed by atoms with Crippen molar-refractivity contribution in [2.24, 2.45) is 5.73 Å². The Labute approximate surface area is 165 Å². The summed E-state index contributed by atoms with van der Waals surface area (Å²) in [6, 6.07) is 3.81. The minimum Gasteiger partial charge on any atom is -0.353 e. The summed E-state index contributed by atoms with van der Waals surface area (Å²) < 4.78 is 37.2. The van der Waals surface area contributed by atoms with Gasteiger partial charge in [-0.05, 0) is 18.2 Å². The molecule has 1 heterocycles. The highest BCUT2D eigenvalue weighted by molar-refractivity contribution is 7.94. The molecular formula is C13H19N7O6S2. The van der Waals surface area contributed by atoms with Gasteiger partial charge in [0.15, 0.2) is 0 Å². The van der Waals surface area contributed by atoms with E-state index in [2.05, 4.69) is 35.0 Å². The van der Waals surface area contributed by atoms with E-state index >= 15 is 0 Å². The Hall–Kier alpha value is -2.27. The molecule has 2 aromatic rings. The molecule has 0 spiro atoms. The van der Waals surface area contributed by atoms with E-state index in [-0.39, 0.29) is 17.6 Å². The zero-order valence-corrected chi connectivity index (χ0v) is 16.5. The molecule has 13 nitrogen and oxygen atoms in total. The number of aromatic nitrogens is 3. The van der Waals surface area contributed by atoms with Crippen molar-refractivity contribution in [3.63, 3.8) is 0 Å². The van der Waals surface area contributed by atoms with Gasteiger partial charge >= 0.3 is 0 Å². The first-order valence-corrected chi connectivity index (χ1v) is 9.83. The Morgan fingerprint density at radius 2 is 1.96 bits per heavy atom. The number of nitrogens with one attached hydrogen (secondary N) is 2. The quantitative estimate of drug-likeness (QED) is 0.153. The highest BCUT2D eigenvalue weighted by Gasteiger charge is 2.18. The van der Waals surface area contributed by atoms with Gasteiger partial charge in [0.2, 0.25) is 17.8 Å². The van der Waals surface area contributed by atoms with Crippen LogP contribution in [0.2, 0.25) is 0 Å². The van der Waals surface area contributed by atoms with Crippen molar-refractivity contribution in [2.75, 3.05) is 42.7 Å². The third kappa shape index (κ3) is 6.13. The Bertz CT molecular complexity index is 912. The number of anilines is 4. The molecule has 0 saturated carbocycles. The Kier molecular flexibility index (Phi) is 7.69. The minimum atomic E-state index is -4.55. The first kappa shape index (κ1) is 22.0. The van der Waals surface area contributed by atoms with E-state index in [9.17, 15) is 13.0 Å². The van der Waals surface area contributed by atoms with Crippen LogP contribution in [0.4, 0.5) is 23.5 Å². The zero-order chi connectivity index (χ0) is 20.7. The van der Waals surface area contributed by atoms with Gasteiger partial charge in [0, 0.05) is 32.1 Å². The van der Waals surface area contributed by atoms with E-state index in [1.807, 2.05) is 0 Å². The smallest absolute Gasteiger partial charge is 0.296 e. The van der Waals surface area contributed by atoms with Crippen molar-refractivity contribution in [3.8, 4) is 0 Å². The molecule has 6 N–H and O–H groups in total. The SMILES string of the molecule is CN(C)c1nc(NCCN)nc(Nc2cc(SOOO)ccc2S(=O)(=O)O)n1. The molecule has 0 aliphatic carbocycles. The first-order chi connectivity index (χ1) is 13.2. The molecule has 28 heavy (non-hydrogen) atoms. The molecule has 0 aliphatic heterocycles. The molecule has 1 aromatic heterocycles. The molecule has 154 valence electrons. The van der Waals surface area contributed by atoms with Crippen LogP contribution in [0.3, 0.4) is 0 Å². The average Bonchev–Trinajstić information content (AvgIpc) is 2.63. The largest absolute Gasteiger partial charge is 0.353 e. The van der Waals surface area contributed by atoms with E-state index in [1.165, 1.54) is 12.1 Å². The fourth-order valence-corrected chi connectivity index (χ4v) is 2.97. The third-order valence-electron chi connectivity index (χ3n) is 3.09. The van der Waals surface area contributed by atoms with Crippen LogP contribution in [0.25, 0.3) is 0 Å². The van der Waals surface area contributed by atoms with E-state index in [0.29, 0.717) is 36.0 Å². The fourth-order valence-electron chi connectivity index (χ4n) is 1.94. The number of hydrogen-bond donors (Lipinski definition) is 5. The maximum absolute atomic E-state index is 11.7. The van der Waals surface area contributed by atoms with Gasteiger partial charge in [0.1, 0.15) is 4.90 Å². The molecule has 0 atom stereocenters. The van der Waals surface area contributed by atoms with Gasteiger partial charge < -0.3 is 21.3 Å². The zero-order valence-electron chi connectivity index (χ0n) is 14.9. The summed E-state index contributed by atoms with van der Waals surface area (Å²) in [5, 5.41) is 17.4. The summed E-state index contributed by atoms with van der Waals surface area (Å²) in [7, 11) is -1.11. The predicted octanol–water partition coefficient (Wildman–Crippen LogP) is 0.727. The maximum atomic E-state index is 11.7. The second kappa shape index (κ2) is 9.78. The van der Waals surface area contributed by atoms with E-state index < -0.39 is 15.0 Å². The van der Waals surface area contributed by atoms with Gasteiger partial charge in [-0.1, -0.05) is 5.04 Å². The highest BCUT2D eigenvalue weighted by atomic mass is 32.2. The van der Waals surface area contributed by atoms with E-state index in [1.54, 1.807) is 19.0 Å². The Morgan fingerprint density at radius 1 is 1.25 bits per heavy atom. The van der Waals surface area contributed by atoms with Crippen LogP contribution < -0.4 is 21.3 Å². The maximum Gasteiger partial charge on any atom is 0.296 e. The number of nitrogens with two attached hydrogens (primary N) is 1. The first-order valence-electron chi connectivity index (χ1n) is 7.65. The lowest BCUT2D eigenvalue weighted by Gasteiger charge is -2.15. The molecule has 0 amide bonds. The number of benzene rings is 1. The van der Waals surface area contributed by atoms with Crippen molar-refractivity contribution in [1.82, 2.24) is 15.0 Å².